The van der Waals surface area contributed by atoms with Gasteiger partial charge in [0.1, 0.15) is 0 Å². The van der Waals surface area contributed by atoms with Crippen LogP contribution in [0.4, 0.5) is 62.6 Å². The molecule has 4 nitrogen and oxygen atoms in total. The van der Waals surface area contributed by atoms with Gasteiger partial charge in [-0.3, -0.25) is 0 Å². The Hall–Kier alpha value is -7.80. The summed E-state index contributed by atoms with van der Waals surface area (Å²) < 4.78 is 2.72. The van der Waals surface area contributed by atoms with Crippen molar-refractivity contribution in [2.75, 3.05) is 19.6 Å². The van der Waals surface area contributed by atoms with Crippen LogP contribution in [0.2, 0.25) is 0 Å². The Bertz CT molecular complexity index is 4430. The summed E-state index contributed by atoms with van der Waals surface area (Å²) in [6, 6.07) is 74.5. The Labute approximate surface area is 535 Å². The van der Waals surface area contributed by atoms with Gasteiger partial charge >= 0.3 is 0 Å². The predicted octanol–water partition coefficient (Wildman–Crippen LogP) is 21.7. The Morgan fingerprint density at radius 3 is 1.49 bits per heavy atom. The third-order valence-corrected chi connectivity index (χ3v) is 23.0. The minimum absolute atomic E-state index is 0.0102. The van der Waals surface area contributed by atoms with E-state index in [1.807, 2.05) is 11.3 Å². The summed E-state index contributed by atoms with van der Waals surface area (Å²) in [5.74, 6) is 0. The molecule has 0 saturated heterocycles. The van der Waals surface area contributed by atoms with Crippen molar-refractivity contribution in [1.82, 2.24) is 0 Å². The molecule has 0 spiro atoms. The van der Waals surface area contributed by atoms with E-state index in [2.05, 4.69) is 318 Å². The summed E-state index contributed by atoms with van der Waals surface area (Å²) in [5.41, 5.74) is 27.9. The summed E-state index contributed by atoms with van der Waals surface area (Å²) >= 11 is 2.02. The van der Waals surface area contributed by atoms with E-state index in [-0.39, 0.29) is 44.7 Å². The maximum absolute atomic E-state index is 2.82. The molecular weight excluding hydrogens is 1100 g/mol. The number of hydrogen-bond donors (Lipinski definition) is 0. The molecular formula is C83H87BN4S. The zero-order chi connectivity index (χ0) is 62.3. The van der Waals surface area contributed by atoms with Crippen molar-refractivity contribution >= 4 is 106 Å². The van der Waals surface area contributed by atoms with Gasteiger partial charge in [-0.15, -0.1) is 11.3 Å². The molecule has 0 bridgehead atoms. The fourth-order valence-corrected chi connectivity index (χ4v) is 17.8. The second kappa shape index (κ2) is 19.6. The standard InChI is InChI=1S/C83H87BN4S/c1-77(2,3)52-27-35-56(36-28-52)85(57-37-29-53(30-38-57)78(4,5)6)60-43-44-68-70(47-60)86(58-39-31-54(32-40-58)79(7,8)9)71-48-61(88-69-26-20-19-25-66(69)82(15)45-21-22-46-83(82,88)16)49-72-74(71)84(68)76-75(87(72)59-41-33-55(34-42-59)80(10,11)12)64-50-63-62-23-17-18-24-65(62)81(13,14)67(63)51-73(64)89-76/h17-20,23-44,47-51H,21-22,45-46H2,1-16H3. The van der Waals surface area contributed by atoms with Gasteiger partial charge in [-0.25, -0.2) is 0 Å². The first-order valence-electron chi connectivity index (χ1n) is 32.9. The highest BCUT2D eigenvalue weighted by molar-refractivity contribution is 7.33. The van der Waals surface area contributed by atoms with Crippen molar-refractivity contribution in [3.05, 3.63) is 227 Å². The molecule has 1 saturated carbocycles. The van der Waals surface area contributed by atoms with Crippen LogP contribution in [0, 0.1) is 0 Å². The number of anilines is 11. The highest BCUT2D eigenvalue weighted by atomic mass is 32.1. The lowest BCUT2D eigenvalue weighted by molar-refractivity contribution is 0.195. The monoisotopic (exact) mass is 1180 g/mol. The molecule has 448 valence electrons. The molecule has 4 heterocycles. The molecule has 2 unspecified atom stereocenters. The zero-order valence-corrected chi connectivity index (χ0v) is 56.3. The van der Waals surface area contributed by atoms with Gasteiger partial charge in [0, 0.05) is 82.6 Å². The molecule has 2 aliphatic carbocycles. The van der Waals surface area contributed by atoms with Gasteiger partial charge in [-0.05, 0) is 193 Å². The number of thiophene rings is 1. The number of benzene rings is 9. The molecule has 89 heavy (non-hydrogen) atoms. The minimum Gasteiger partial charge on any atom is -0.334 e. The number of rotatable bonds is 6. The van der Waals surface area contributed by atoms with E-state index >= 15 is 0 Å². The van der Waals surface area contributed by atoms with Gasteiger partial charge < -0.3 is 19.6 Å². The Kier molecular flexibility index (Phi) is 12.7. The second-order valence-electron chi connectivity index (χ2n) is 31.8. The molecule has 0 amide bonds. The SMILES string of the molecule is CC(C)(C)c1ccc(N(c2ccc(C(C)(C)C)cc2)c2ccc3c(c2)N(c2ccc(C(C)(C)C)cc2)c2cc(N4c5ccccc5C5(C)CCCCC45C)cc4c2B3c2sc3cc5c(cc3c2N4c2ccc(C(C)(C)C)cc2)-c2ccccc2C5(C)C)cc1. The molecule has 0 N–H and O–H groups in total. The summed E-state index contributed by atoms with van der Waals surface area (Å²) in [6.07, 6.45) is 4.71. The first kappa shape index (κ1) is 57.6. The molecule has 1 fully saturated rings. The smallest absolute Gasteiger partial charge is 0.264 e. The molecule has 2 atom stereocenters. The van der Waals surface area contributed by atoms with E-state index in [0.717, 1.165) is 35.6 Å². The van der Waals surface area contributed by atoms with Gasteiger partial charge in [0.25, 0.3) is 6.71 Å². The molecule has 6 heteroatoms. The number of hydrogen-bond acceptors (Lipinski definition) is 5. The van der Waals surface area contributed by atoms with Crippen LogP contribution in [-0.4, -0.2) is 12.3 Å². The van der Waals surface area contributed by atoms with Crippen LogP contribution in [0.5, 0.6) is 0 Å². The summed E-state index contributed by atoms with van der Waals surface area (Å²) in [5, 5.41) is 1.31. The summed E-state index contributed by atoms with van der Waals surface area (Å²) in [6.45, 7) is 37.8. The fraction of sp³-hybridized carbons (Fsp3) is 0.325. The van der Waals surface area contributed by atoms with E-state index in [1.54, 1.807) is 0 Å². The fourth-order valence-electron chi connectivity index (χ4n) is 16.5. The molecule has 15 rings (SSSR count). The third-order valence-electron chi connectivity index (χ3n) is 21.8. The maximum Gasteiger partial charge on any atom is 0.264 e. The quantitative estimate of drug-likeness (QED) is 0.154. The topological polar surface area (TPSA) is 13.0 Å². The van der Waals surface area contributed by atoms with Crippen molar-refractivity contribution in [1.29, 1.82) is 0 Å². The van der Waals surface area contributed by atoms with E-state index < -0.39 is 0 Å². The van der Waals surface area contributed by atoms with E-state index in [1.165, 1.54) is 129 Å². The summed E-state index contributed by atoms with van der Waals surface area (Å²) in [7, 11) is 0. The van der Waals surface area contributed by atoms with Crippen LogP contribution >= 0.6 is 11.3 Å². The van der Waals surface area contributed by atoms with Crippen LogP contribution in [-0.2, 0) is 32.5 Å². The molecule has 5 aliphatic rings. The Balaban J connectivity index is 1.06. The van der Waals surface area contributed by atoms with Crippen LogP contribution in [0.25, 0.3) is 21.2 Å². The molecule has 1 aromatic heterocycles. The van der Waals surface area contributed by atoms with Crippen LogP contribution in [0.1, 0.15) is 175 Å². The number of fused-ring (bicyclic) bond motifs is 12. The van der Waals surface area contributed by atoms with Gasteiger partial charge in [-0.2, -0.15) is 0 Å². The van der Waals surface area contributed by atoms with Crippen molar-refractivity contribution in [2.45, 2.75) is 174 Å². The van der Waals surface area contributed by atoms with Gasteiger partial charge in [0.05, 0.1) is 11.2 Å². The zero-order valence-electron chi connectivity index (χ0n) is 55.5. The first-order chi connectivity index (χ1) is 42.1. The molecule has 10 aromatic rings. The predicted molar refractivity (Wildman–Crippen MR) is 386 cm³/mol. The third kappa shape index (κ3) is 8.72. The van der Waals surface area contributed by atoms with Gasteiger partial charge in [0.2, 0.25) is 0 Å². The van der Waals surface area contributed by atoms with Crippen LogP contribution < -0.4 is 35.3 Å². The normalized spacial score (nSPS) is 18.9. The van der Waals surface area contributed by atoms with Crippen molar-refractivity contribution in [3.63, 3.8) is 0 Å². The average Bonchev–Trinajstić information content (AvgIpc) is 1.58. The van der Waals surface area contributed by atoms with Crippen molar-refractivity contribution in [3.8, 4) is 11.1 Å². The lowest BCUT2D eigenvalue weighted by Gasteiger charge is -2.51. The van der Waals surface area contributed by atoms with Crippen molar-refractivity contribution < 1.29 is 0 Å². The van der Waals surface area contributed by atoms with E-state index in [4.69, 9.17) is 0 Å². The largest absolute Gasteiger partial charge is 0.334 e. The molecule has 9 aromatic carbocycles. The number of nitrogens with zero attached hydrogens (tertiary/aromatic N) is 4. The first-order valence-corrected chi connectivity index (χ1v) is 33.7. The Morgan fingerprint density at radius 2 is 0.921 bits per heavy atom. The summed E-state index contributed by atoms with van der Waals surface area (Å²) in [4.78, 5) is 10.7. The lowest BCUT2D eigenvalue weighted by Crippen LogP contribution is -2.60. The Morgan fingerprint density at radius 1 is 0.427 bits per heavy atom. The van der Waals surface area contributed by atoms with Crippen LogP contribution in [0.3, 0.4) is 0 Å². The molecule has 3 aliphatic heterocycles. The second-order valence-corrected chi connectivity index (χ2v) is 32.9. The maximum atomic E-state index is 2.82. The lowest BCUT2D eigenvalue weighted by atomic mass is 9.36. The van der Waals surface area contributed by atoms with Gasteiger partial charge in [0.15, 0.2) is 0 Å². The number of para-hydroxylation sites is 1. The highest BCUT2D eigenvalue weighted by Crippen LogP contribution is 2.62. The van der Waals surface area contributed by atoms with Gasteiger partial charge in [-0.1, -0.05) is 214 Å². The van der Waals surface area contributed by atoms with E-state index in [9.17, 15) is 0 Å². The van der Waals surface area contributed by atoms with Crippen LogP contribution in [0.15, 0.2) is 188 Å². The highest BCUT2D eigenvalue weighted by Gasteiger charge is 2.58. The van der Waals surface area contributed by atoms with Crippen molar-refractivity contribution in [2.24, 2.45) is 0 Å². The van der Waals surface area contributed by atoms with E-state index in [0.29, 0.717) is 0 Å². The minimum atomic E-state index is -0.172. The molecule has 0 radical (unpaired) electrons. The average molecular weight is 1180 g/mol.